The molecule has 5 heteroatoms. The van der Waals surface area contributed by atoms with Gasteiger partial charge in [-0.15, -0.1) is 0 Å². The Morgan fingerprint density at radius 1 is 1.41 bits per heavy atom. The fourth-order valence-corrected chi connectivity index (χ4v) is 2.11. The molecule has 4 nitrogen and oxygen atoms in total. The van der Waals surface area contributed by atoms with Crippen LogP contribution in [-0.4, -0.2) is 42.3 Å². The number of aliphatic hydroxyl groups excluding tert-OH is 1. The minimum Gasteiger partial charge on any atom is -0.393 e. The molecule has 0 aromatic heterocycles. The molecule has 0 saturated carbocycles. The summed E-state index contributed by atoms with van der Waals surface area (Å²) in [6.45, 7) is 7.13. The van der Waals surface area contributed by atoms with Crippen LogP contribution in [0.1, 0.15) is 33.6 Å². The summed E-state index contributed by atoms with van der Waals surface area (Å²) in [4.78, 5) is 11.4. The van der Waals surface area contributed by atoms with E-state index < -0.39 is 0 Å². The van der Waals surface area contributed by atoms with Gasteiger partial charge in [0.05, 0.1) is 6.10 Å². The minimum atomic E-state index is -0.337. The van der Waals surface area contributed by atoms with Gasteiger partial charge in [-0.2, -0.15) is 11.8 Å². The quantitative estimate of drug-likeness (QED) is 0.585. The van der Waals surface area contributed by atoms with Crippen molar-refractivity contribution in [1.82, 2.24) is 10.6 Å². The first-order chi connectivity index (χ1) is 7.87. The van der Waals surface area contributed by atoms with Crippen LogP contribution >= 0.6 is 11.8 Å². The third-order valence-corrected chi connectivity index (χ3v) is 3.08. The number of amides is 2. The first kappa shape index (κ1) is 16.6. The van der Waals surface area contributed by atoms with E-state index in [1.807, 2.05) is 13.8 Å². The van der Waals surface area contributed by atoms with Crippen molar-refractivity contribution in [2.45, 2.75) is 39.7 Å². The molecular weight excluding hydrogens is 236 g/mol. The smallest absolute Gasteiger partial charge is 0.314 e. The lowest BCUT2D eigenvalue weighted by atomic mass is 9.87. The summed E-state index contributed by atoms with van der Waals surface area (Å²) >= 11 is 1.78. The Labute approximate surface area is 109 Å². The lowest BCUT2D eigenvalue weighted by molar-refractivity contribution is 0.129. The van der Waals surface area contributed by atoms with E-state index >= 15 is 0 Å². The zero-order valence-corrected chi connectivity index (χ0v) is 12.2. The van der Waals surface area contributed by atoms with Gasteiger partial charge in [-0.05, 0) is 37.2 Å². The Bertz CT molecular complexity index is 221. The highest BCUT2D eigenvalue weighted by Crippen LogP contribution is 2.20. The van der Waals surface area contributed by atoms with Gasteiger partial charge < -0.3 is 15.7 Å². The number of carbonyl (C=O) groups excluding carboxylic acids is 1. The summed E-state index contributed by atoms with van der Waals surface area (Å²) in [5, 5.41) is 15.0. The van der Waals surface area contributed by atoms with Gasteiger partial charge in [0, 0.05) is 13.1 Å². The van der Waals surface area contributed by atoms with E-state index in [1.165, 1.54) is 0 Å². The molecule has 1 atom stereocenters. The van der Waals surface area contributed by atoms with Crippen LogP contribution in [0.25, 0.3) is 0 Å². The number of nitrogens with one attached hydrogen (secondary N) is 2. The first-order valence-electron chi connectivity index (χ1n) is 6.06. The summed E-state index contributed by atoms with van der Waals surface area (Å²) in [6.07, 6.45) is 3.39. The average Bonchev–Trinajstić information content (AvgIpc) is 2.20. The summed E-state index contributed by atoms with van der Waals surface area (Å²) < 4.78 is 0. The number of hydrogen-bond donors (Lipinski definition) is 3. The van der Waals surface area contributed by atoms with Gasteiger partial charge in [0.15, 0.2) is 0 Å². The lowest BCUT2D eigenvalue weighted by Gasteiger charge is -2.26. The molecule has 0 heterocycles. The van der Waals surface area contributed by atoms with E-state index in [2.05, 4.69) is 16.9 Å². The van der Waals surface area contributed by atoms with Gasteiger partial charge >= 0.3 is 6.03 Å². The van der Waals surface area contributed by atoms with Crippen molar-refractivity contribution in [1.29, 1.82) is 0 Å². The molecule has 2 amide bonds. The zero-order valence-electron chi connectivity index (χ0n) is 11.4. The molecule has 0 fully saturated rings. The Balaban J connectivity index is 3.68. The van der Waals surface area contributed by atoms with Crippen LogP contribution in [0, 0.1) is 5.41 Å². The highest BCUT2D eigenvalue weighted by molar-refractivity contribution is 7.98. The topological polar surface area (TPSA) is 61.4 Å². The van der Waals surface area contributed by atoms with Gasteiger partial charge in [-0.25, -0.2) is 4.79 Å². The van der Waals surface area contributed by atoms with E-state index in [-0.39, 0.29) is 17.6 Å². The number of rotatable bonds is 8. The Morgan fingerprint density at radius 3 is 2.59 bits per heavy atom. The number of thioether (sulfide) groups is 1. The molecule has 17 heavy (non-hydrogen) atoms. The fraction of sp³-hybridized carbons (Fsp3) is 0.917. The summed E-state index contributed by atoms with van der Waals surface area (Å²) in [7, 11) is 0. The normalized spacial score (nSPS) is 13.2. The van der Waals surface area contributed by atoms with Gasteiger partial charge in [-0.3, -0.25) is 0 Å². The van der Waals surface area contributed by atoms with Crippen LogP contribution in [0.15, 0.2) is 0 Å². The molecule has 0 aliphatic heterocycles. The second-order valence-corrected chi connectivity index (χ2v) is 6.16. The molecule has 0 saturated heterocycles. The molecule has 0 bridgehead atoms. The molecule has 0 spiro atoms. The van der Waals surface area contributed by atoms with Crippen LogP contribution in [-0.2, 0) is 0 Å². The second-order valence-electron chi connectivity index (χ2n) is 5.17. The predicted molar refractivity (Wildman–Crippen MR) is 74.5 cm³/mol. The summed E-state index contributed by atoms with van der Waals surface area (Å²) in [6, 6.07) is -0.121. The summed E-state index contributed by atoms with van der Waals surface area (Å²) in [5.74, 6) is 1.06. The van der Waals surface area contributed by atoms with Gasteiger partial charge in [0.25, 0.3) is 0 Å². The fourth-order valence-electron chi connectivity index (χ4n) is 1.67. The van der Waals surface area contributed by atoms with Crippen LogP contribution in [0.3, 0.4) is 0 Å². The number of aliphatic hydroxyl groups is 1. The monoisotopic (exact) mass is 262 g/mol. The van der Waals surface area contributed by atoms with Crippen LogP contribution in [0.4, 0.5) is 4.79 Å². The van der Waals surface area contributed by atoms with Crippen LogP contribution in [0.2, 0.25) is 0 Å². The van der Waals surface area contributed by atoms with Crippen molar-refractivity contribution in [3.05, 3.63) is 0 Å². The average molecular weight is 262 g/mol. The van der Waals surface area contributed by atoms with Crippen molar-refractivity contribution in [2.75, 3.05) is 25.1 Å². The molecule has 0 aliphatic carbocycles. The maximum atomic E-state index is 11.4. The molecule has 0 rings (SSSR count). The van der Waals surface area contributed by atoms with Gasteiger partial charge in [-0.1, -0.05) is 13.8 Å². The molecule has 3 N–H and O–H groups in total. The Hall–Kier alpha value is -0.420. The zero-order chi connectivity index (χ0) is 13.3. The van der Waals surface area contributed by atoms with Gasteiger partial charge in [0.1, 0.15) is 0 Å². The highest BCUT2D eigenvalue weighted by atomic mass is 32.2. The Morgan fingerprint density at radius 2 is 2.06 bits per heavy atom. The predicted octanol–water partition coefficient (Wildman–Crippen LogP) is 1.84. The third kappa shape index (κ3) is 10.5. The van der Waals surface area contributed by atoms with Crippen LogP contribution < -0.4 is 10.6 Å². The van der Waals surface area contributed by atoms with E-state index in [1.54, 1.807) is 18.7 Å². The van der Waals surface area contributed by atoms with Gasteiger partial charge in [0.2, 0.25) is 0 Å². The van der Waals surface area contributed by atoms with Crippen molar-refractivity contribution in [3.8, 4) is 0 Å². The van der Waals surface area contributed by atoms with E-state index in [0.717, 1.165) is 12.2 Å². The SMILES string of the molecule is CSCCCNC(=O)NCC(C)(C)CC(C)O. The first-order valence-corrected chi connectivity index (χ1v) is 7.45. The molecule has 1 unspecified atom stereocenters. The molecular formula is C12H26N2O2S. The third-order valence-electron chi connectivity index (χ3n) is 2.39. The van der Waals surface area contributed by atoms with Crippen molar-refractivity contribution in [2.24, 2.45) is 5.41 Å². The largest absolute Gasteiger partial charge is 0.393 e. The van der Waals surface area contributed by atoms with E-state index in [0.29, 0.717) is 19.5 Å². The minimum absolute atomic E-state index is 0.0786. The number of hydrogen-bond acceptors (Lipinski definition) is 3. The summed E-state index contributed by atoms with van der Waals surface area (Å²) in [5.41, 5.74) is -0.0786. The second kappa shape index (κ2) is 8.64. The van der Waals surface area contributed by atoms with Crippen molar-refractivity contribution in [3.63, 3.8) is 0 Å². The molecule has 0 aliphatic rings. The van der Waals surface area contributed by atoms with E-state index in [9.17, 15) is 9.90 Å². The van der Waals surface area contributed by atoms with Crippen molar-refractivity contribution >= 4 is 17.8 Å². The van der Waals surface area contributed by atoms with E-state index in [4.69, 9.17) is 0 Å². The number of urea groups is 1. The highest BCUT2D eigenvalue weighted by Gasteiger charge is 2.20. The standard InChI is InChI=1S/C12H26N2O2S/c1-10(15)8-12(2,3)9-14-11(16)13-6-5-7-17-4/h10,15H,5-9H2,1-4H3,(H2,13,14,16). The molecule has 0 radical (unpaired) electrons. The molecule has 0 aromatic rings. The molecule has 102 valence electrons. The maximum Gasteiger partial charge on any atom is 0.314 e. The molecule has 0 aromatic carbocycles. The number of carbonyl (C=O) groups is 1. The maximum absolute atomic E-state index is 11.4. The lowest BCUT2D eigenvalue weighted by Crippen LogP contribution is -2.41. The Kier molecular flexibility index (Phi) is 8.43. The van der Waals surface area contributed by atoms with Crippen LogP contribution in [0.5, 0.6) is 0 Å². The van der Waals surface area contributed by atoms with Crippen molar-refractivity contribution < 1.29 is 9.90 Å².